The Bertz CT molecular complexity index is 386. The molecule has 0 spiro atoms. The maximum Gasteiger partial charge on any atom is 0.240 e. The Kier molecular flexibility index (Phi) is 3.79. The van der Waals surface area contributed by atoms with Gasteiger partial charge in [0.25, 0.3) is 0 Å². The van der Waals surface area contributed by atoms with Crippen LogP contribution in [0.3, 0.4) is 0 Å². The molecule has 1 aliphatic heterocycles. The highest BCUT2D eigenvalue weighted by molar-refractivity contribution is 5.82. The molecule has 1 unspecified atom stereocenters. The molecule has 1 aliphatic rings. The number of nitrogens with zero attached hydrogens (tertiary/aromatic N) is 1. The molecule has 0 saturated carbocycles. The van der Waals surface area contributed by atoms with E-state index in [1.807, 2.05) is 11.8 Å². The molecule has 0 bridgehead atoms. The molecular weight excluding hydrogens is 212 g/mol. The number of hydrogen-bond donors (Lipinski definition) is 1. The SMILES string of the molecule is CCC1NCCN(Cc2ccc(C)cc2)C1=O. The number of piperazine rings is 1. The van der Waals surface area contributed by atoms with Crippen LogP contribution in [0.4, 0.5) is 0 Å². The third-order valence-corrected chi connectivity index (χ3v) is 3.28. The second-order valence-electron chi connectivity index (χ2n) is 4.66. The molecular formula is C14H20N2O. The number of aryl methyl sites for hydroxylation is 1. The average molecular weight is 232 g/mol. The summed E-state index contributed by atoms with van der Waals surface area (Å²) in [6.07, 6.45) is 0.864. The van der Waals surface area contributed by atoms with Crippen molar-refractivity contribution < 1.29 is 4.79 Å². The molecule has 2 rings (SSSR count). The lowest BCUT2D eigenvalue weighted by Gasteiger charge is -2.32. The number of rotatable bonds is 3. The van der Waals surface area contributed by atoms with Crippen LogP contribution in [0.1, 0.15) is 24.5 Å². The molecule has 1 fully saturated rings. The van der Waals surface area contributed by atoms with Gasteiger partial charge in [-0.25, -0.2) is 0 Å². The molecule has 1 saturated heterocycles. The zero-order chi connectivity index (χ0) is 12.3. The summed E-state index contributed by atoms with van der Waals surface area (Å²) in [6, 6.07) is 8.41. The summed E-state index contributed by atoms with van der Waals surface area (Å²) >= 11 is 0. The number of carbonyl (C=O) groups is 1. The topological polar surface area (TPSA) is 32.3 Å². The van der Waals surface area contributed by atoms with Crippen molar-refractivity contribution in [1.82, 2.24) is 10.2 Å². The molecule has 1 heterocycles. The summed E-state index contributed by atoms with van der Waals surface area (Å²) in [4.78, 5) is 14.0. The fourth-order valence-electron chi connectivity index (χ4n) is 2.18. The zero-order valence-corrected chi connectivity index (χ0v) is 10.6. The lowest BCUT2D eigenvalue weighted by atomic mass is 10.1. The second-order valence-corrected chi connectivity index (χ2v) is 4.66. The van der Waals surface area contributed by atoms with E-state index in [1.165, 1.54) is 11.1 Å². The van der Waals surface area contributed by atoms with Gasteiger partial charge in [0, 0.05) is 19.6 Å². The highest BCUT2D eigenvalue weighted by atomic mass is 16.2. The van der Waals surface area contributed by atoms with Crippen LogP contribution in [-0.4, -0.2) is 29.9 Å². The number of benzene rings is 1. The standard InChI is InChI=1S/C14H20N2O/c1-3-13-14(17)16(9-8-15-13)10-12-6-4-11(2)5-7-12/h4-7,13,15H,3,8-10H2,1-2H3. The minimum atomic E-state index is 0.00852. The number of hydrogen-bond acceptors (Lipinski definition) is 2. The second kappa shape index (κ2) is 5.32. The summed E-state index contributed by atoms with van der Waals surface area (Å²) in [6.45, 7) is 6.56. The molecule has 0 aliphatic carbocycles. The first kappa shape index (κ1) is 12.1. The van der Waals surface area contributed by atoms with Crippen molar-refractivity contribution in [3.8, 4) is 0 Å². The van der Waals surface area contributed by atoms with E-state index in [4.69, 9.17) is 0 Å². The summed E-state index contributed by atoms with van der Waals surface area (Å²) in [5.74, 6) is 0.235. The number of carbonyl (C=O) groups excluding carboxylic acids is 1. The lowest BCUT2D eigenvalue weighted by Crippen LogP contribution is -2.54. The molecule has 1 amide bonds. The van der Waals surface area contributed by atoms with Crippen LogP contribution < -0.4 is 5.32 Å². The highest BCUT2D eigenvalue weighted by Crippen LogP contribution is 2.11. The van der Waals surface area contributed by atoms with E-state index < -0.39 is 0 Å². The van der Waals surface area contributed by atoms with Gasteiger partial charge in [-0.3, -0.25) is 4.79 Å². The largest absolute Gasteiger partial charge is 0.336 e. The van der Waals surface area contributed by atoms with Gasteiger partial charge in [0.1, 0.15) is 0 Å². The Balaban J connectivity index is 2.02. The Morgan fingerprint density at radius 1 is 1.35 bits per heavy atom. The van der Waals surface area contributed by atoms with E-state index >= 15 is 0 Å². The molecule has 3 heteroatoms. The third kappa shape index (κ3) is 2.86. The molecule has 1 aromatic rings. The predicted octanol–water partition coefficient (Wildman–Crippen LogP) is 1.71. The third-order valence-electron chi connectivity index (χ3n) is 3.28. The van der Waals surface area contributed by atoms with E-state index in [0.29, 0.717) is 0 Å². The summed E-state index contributed by atoms with van der Waals surface area (Å²) in [5, 5.41) is 3.25. The van der Waals surface area contributed by atoms with Crippen molar-refractivity contribution in [3.63, 3.8) is 0 Å². The fraction of sp³-hybridized carbons (Fsp3) is 0.500. The van der Waals surface area contributed by atoms with E-state index in [2.05, 4.69) is 36.5 Å². The summed E-state index contributed by atoms with van der Waals surface area (Å²) in [7, 11) is 0. The van der Waals surface area contributed by atoms with E-state index in [1.54, 1.807) is 0 Å². The van der Waals surface area contributed by atoms with Crippen LogP contribution in [0, 0.1) is 6.92 Å². The van der Waals surface area contributed by atoms with Crippen LogP contribution in [0.2, 0.25) is 0 Å². The number of nitrogens with one attached hydrogen (secondary N) is 1. The first-order valence-corrected chi connectivity index (χ1v) is 6.28. The van der Waals surface area contributed by atoms with Gasteiger partial charge >= 0.3 is 0 Å². The van der Waals surface area contributed by atoms with Crippen LogP contribution in [0.15, 0.2) is 24.3 Å². The molecule has 1 aromatic carbocycles. The van der Waals surface area contributed by atoms with Crippen molar-refractivity contribution in [2.24, 2.45) is 0 Å². The highest BCUT2D eigenvalue weighted by Gasteiger charge is 2.26. The van der Waals surface area contributed by atoms with Gasteiger partial charge in [-0.2, -0.15) is 0 Å². The van der Waals surface area contributed by atoms with Gasteiger partial charge in [0.05, 0.1) is 6.04 Å². The maximum atomic E-state index is 12.1. The van der Waals surface area contributed by atoms with Gasteiger partial charge in [0.15, 0.2) is 0 Å². The molecule has 1 N–H and O–H groups in total. The summed E-state index contributed by atoms with van der Waals surface area (Å²) in [5.41, 5.74) is 2.47. The smallest absolute Gasteiger partial charge is 0.240 e. The van der Waals surface area contributed by atoms with Crippen molar-refractivity contribution >= 4 is 5.91 Å². The Labute approximate surface area is 103 Å². The lowest BCUT2D eigenvalue weighted by molar-refractivity contribution is -0.136. The maximum absolute atomic E-state index is 12.1. The normalized spacial score (nSPS) is 20.7. The van der Waals surface area contributed by atoms with Gasteiger partial charge in [0.2, 0.25) is 5.91 Å². The first-order chi connectivity index (χ1) is 8.20. The van der Waals surface area contributed by atoms with Crippen molar-refractivity contribution in [3.05, 3.63) is 35.4 Å². The van der Waals surface area contributed by atoms with Crippen LogP contribution in [-0.2, 0) is 11.3 Å². The van der Waals surface area contributed by atoms with Crippen LogP contribution in [0.5, 0.6) is 0 Å². The van der Waals surface area contributed by atoms with Crippen LogP contribution >= 0.6 is 0 Å². The van der Waals surface area contributed by atoms with Gasteiger partial charge < -0.3 is 10.2 Å². The Morgan fingerprint density at radius 2 is 2.06 bits per heavy atom. The number of amides is 1. The quantitative estimate of drug-likeness (QED) is 0.860. The van der Waals surface area contributed by atoms with Crippen molar-refractivity contribution in [1.29, 1.82) is 0 Å². The minimum absolute atomic E-state index is 0.00852. The molecule has 0 aromatic heterocycles. The summed E-state index contributed by atoms with van der Waals surface area (Å²) < 4.78 is 0. The van der Waals surface area contributed by atoms with Gasteiger partial charge in [-0.15, -0.1) is 0 Å². The van der Waals surface area contributed by atoms with Crippen LogP contribution in [0.25, 0.3) is 0 Å². The molecule has 17 heavy (non-hydrogen) atoms. The fourth-order valence-corrected chi connectivity index (χ4v) is 2.18. The van der Waals surface area contributed by atoms with E-state index in [-0.39, 0.29) is 11.9 Å². The monoisotopic (exact) mass is 232 g/mol. The van der Waals surface area contributed by atoms with Gasteiger partial charge in [-0.1, -0.05) is 36.8 Å². The average Bonchev–Trinajstić information content (AvgIpc) is 2.35. The molecule has 92 valence electrons. The van der Waals surface area contributed by atoms with E-state index in [0.717, 1.165) is 26.1 Å². The predicted molar refractivity (Wildman–Crippen MR) is 68.7 cm³/mol. The van der Waals surface area contributed by atoms with Crippen molar-refractivity contribution in [2.45, 2.75) is 32.9 Å². The minimum Gasteiger partial charge on any atom is -0.336 e. The Morgan fingerprint density at radius 3 is 2.71 bits per heavy atom. The molecule has 0 radical (unpaired) electrons. The van der Waals surface area contributed by atoms with Gasteiger partial charge in [-0.05, 0) is 18.9 Å². The van der Waals surface area contributed by atoms with E-state index in [9.17, 15) is 4.79 Å². The molecule has 3 nitrogen and oxygen atoms in total. The zero-order valence-electron chi connectivity index (χ0n) is 10.6. The van der Waals surface area contributed by atoms with Crippen molar-refractivity contribution in [2.75, 3.05) is 13.1 Å². The Hall–Kier alpha value is -1.35. The first-order valence-electron chi connectivity index (χ1n) is 6.28. The molecule has 1 atom stereocenters.